The van der Waals surface area contributed by atoms with Crippen LogP contribution in [0.4, 0.5) is 0 Å². The summed E-state index contributed by atoms with van der Waals surface area (Å²) in [4.78, 5) is 22.1. The zero-order chi connectivity index (χ0) is 13.1. The lowest BCUT2D eigenvalue weighted by atomic mass is 10.2. The van der Waals surface area contributed by atoms with E-state index in [4.69, 9.17) is 27.9 Å². The average Bonchev–Trinajstić information content (AvgIpc) is 2.52. The lowest BCUT2D eigenvalue weighted by Crippen LogP contribution is -2.45. The Bertz CT molecular complexity index is 378. The Kier molecular flexibility index (Phi) is 5.03. The van der Waals surface area contributed by atoms with Crippen LogP contribution >= 0.6 is 23.2 Å². The predicted molar refractivity (Wildman–Crippen MR) is 61.9 cm³/mol. The van der Waals surface area contributed by atoms with Crippen LogP contribution in [-0.4, -0.2) is 55.7 Å². The molecule has 1 fully saturated rings. The van der Waals surface area contributed by atoms with Crippen molar-refractivity contribution in [2.75, 3.05) is 23.3 Å². The zero-order valence-electron chi connectivity index (χ0n) is 8.69. The van der Waals surface area contributed by atoms with E-state index >= 15 is 0 Å². The molecular formula is C8H11Cl2NO5S. The molecule has 0 unspecified atom stereocenters. The van der Waals surface area contributed by atoms with Crippen LogP contribution in [0.25, 0.3) is 0 Å². The van der Waals surface area contributed by atoms with Gasteiger partial charge in [-0.1, -0.05) is 0 Å². The first-order valence-electron chi connectivity index (χ1n) is 4.69. The van der Waals surface area contributed by atoms with Crippen molar-refractivity contribution in [1.29, 1.82) is 0 Å². The van der Waals surface area contributed by atoms with E-state index in [9.17, 15) is 18.0 Å². The number of nitrogens with one attached hydrogen (secondary N) is 1. The van der Waals surface area contributed by atoms with Gasteiger partial charge in [0.05, 0.1) is 17.5 Å². The molecule has 1 heterocycles. The summed E-state index contributed by atoms with van der Waals surface area (Å²) in [5.41, 5.74) is 0. The molecule has 0 aliphatic carbocycles. The Hall–Kier alpha value is -0.530. The van der Waals surface area contributed by atoms with Crippen molar-refractivity contribution in [3.63, 3.8) is 0 Å². The third kappa shape index (κ3) is 4.33. The number of ether oxygens (including phenoxy) is 1. The van der Waals surface area contributed by atoms with Crippen LogP contribution < -0.4 is 5.32 Å². The van der Waals surface area contributed by atoms with Crippen LogP contribution in [0.1, 0.15) is 0 Å². The summed E-state index contributed by atoms with van der Waals surface area (Å²) in [6.45, 7) is 0. The molecule has 0 saturated carbocycles. The molecule has 9 heteroatoms. The summed E-state index contributed by atoms with van der Waals surface area (Å²) < 4.78 is 27.6. The summed E-state index contributed by atoms with van der Waals surface area (Å²) in [5, 5.41) is 2.39. The number of alkyl halides is 2. The van der Waals surface area contributed by atoms with Gasteiger partial charge >= 0.3 is 5.97 Å². The monoisotopic (exact) mass is 303 g/mol. The summed E-state index contributed by atoms with van der Waals surface area (Å²) in [7, 11) is -3.33. The van der Waals surface area contributed by atoms with E-state index < -0.39 is 33.9 Å². The van der Waals surface area contributed by atoms with Gasteiger partial charge in [-0.05, 0) is 0 Å². The molecule has 1 rings (SSSR count). The largest absolute Gasteiger partial charge is 0.458 e. The Labute approximate surface area is 109 Å². The van der Waals surface area contributed by atoms with Gasteiger partial charge in [-0.25, -0.2) is 8.42 Å². The van der Waals surface area contributed by atoms with Gasteiger partial charge in [-0.15, -0.1) is 23.2 Å². The second-order valence-corrected chi connectivity index (χ2v) is 6.23. The summed E-state index contributed by atoms with van der Waals surface area (Å²) in [6, 6.07) is -0.765. The molecule has 1 aliphatic rings. The Balaban J connectivity index is 2.71. The van der Waals surface area contributed by atoms with Crippen LogP contribution in [-0.2, 0) is 24.2 Å². The third-order valence-electron chi connectivity index (χ3n) is 2.16. The minimum atomic E-state index is -3.33. The van der Waals surface area contributed by atoms with E-state index in [-0.39, 0.29) is 23.3 Å². The second kappa shape index (κ2) is 5.88. The van der Waals surface area contributed by atoms with E-state index in [2.05, 4.69) is 5.32 Å². The minimum absolute atomic E-state index is 0.268. The molecule has 0 spiro atoms. The van der Waals surface area contributed by atoms with Gasteiger partial charge in [0, 0.05) is 0 Å². The highest BCUT2D eigenvalue weighted by Gasteiger charge is 2.40. The maximum atomic E-state index is 11.4. The topological polar surface area (TPSA) is 89.5 Å². The summed E-state index contributed by atoms with van der Waals surface area (Å²) in [6.07, 6.45) is -0.904. The fraction of sp³-hybridized carbons (Fsp3) is 0.750. The quantitative estimate of drug-likeness (QED) is 0.547. The Morgan fingerprint density at radius 3 is 2.41 bits per heavy atom. The molecule has 1 aliphatic heterocycles. The molecule has 0 aromatic carbocycles. The fourth-order valence-electron chi connectivity index (χ4n) is 1.51. The molecular weight excluding hydrogens is 293 g/mol. The molecule has 0 aromatic rings. The van der Waals surface area contributed by atoms with E-state index in [1.807, 2.05) is 0 Å². The van der Waals surface area contributed by atoms with Crippen LogP contribution in [0.3, 0.4) is 0 Å². The molecule has 98 valence electrons. The SMILES string of the molecule is O=C(CCl)N[C@H]1CS(=O)(=O)C[C@H]1OC(=O)CCl. The van der Waals surface area contributed by atoms with Crippen molar-refractivity contribution in [2.45, 2.75) is 12.1 Å². The number of hydrogen-bond donors (Lipinski definition) is 1. The highest BCUT2D eigenvalue weighted by molar-refractivity contribution is 7.91. The average molecular weight is 304 g/mol. The van der Waals surface area contributed by atoms with Gasteiger partial charge < -0.3 is 10.1 Å². The molecule has 2 atom stereocenters. The number of rotatable bonds is 4. The number of sulfone groups is 1. The van der Waals surface area contributed by atoms with Gasteiger partial charge in [0.25, 0.3) is 0 Å². The van der Waals surface area contributed by atoms with Crippen molar-refractivity contribution in [1.82, 2.24) is 5.32 Å². The van der Waals surface area contributed by atoms with E-state index in [0.717, 1.165) is 0 Å². The molecule has 1 N–H and O–H groups in total. The van der Waals surface area contributed by atoms with Gasteiger partial charge in [0.1, 0.15) is 17.9 Å². The molecule has 0 aromatic heterocycles. The van der Waals surface area contributed by atoms with Crippen molar-refractivity contribution < 1.29 is 22.7 Å². The second-order valence-electron chi connectivity index (χ2n) is 3.55. The maximum Gasteiger partial charge on any atom is 0.321 e. The lowest BCUT2D eigenvalue weighted by molar-refractivity contribution is -0.146. The van der Waals surface area contributed by atoms with Gasteiger partial charge in [-0.2, -0.15) is 0 Å². The molecule has 0 radical (unpaired) electrons. The highest BCUT2D eigenvalue weighted by Crippen LogP contribution is 2.16. The van der Waals surface area contributed by atoms with Crippen molar-refractivity contribution in [3.05, 3.63) is 0 Å². The number of carbonyl (C=O) groups is 2. The predicted octanol–water partition coefficient (Wildman–Crippen LogP) is -0.711. The van der Waals surface area contributed by atoms with E-state index in [0.29, 0.717) is 0 Å². The van der Waals surface area contributed by atoms with Crippen LogP contribution in [0.5, 0.6) is 0 Å². The summed E-state index contributed by atoms with van der Waals surface area (Å²) in [5.74, 6) is -2.47. The zero-order valence-corrected chi connectivity index (χ0v) is 11.0. The molecule has 1 amide bonds. The van der Waals surface area contributed by atoms with Crippen molar-refractivity contribution in [2.24, 2.45) is 0 Å². The highest BCUT2D eigenvalue weighted by atomic mass is 35.5. The Morgan fingerprint density at radius 2 is 1.88 bits per heavy atom. The van der Waals surface area contributed by atoms with Crippen molar-refractivity contribution >= 4 is 44.9 Å². The molecule has 6 nitrogen and oxygen atoms in total. The van der Waals surface area contributed by atoms with Gasteiger partial charge in [0.15, 0.2) is 9.84 Å². The number of amides is 1. The van der Waals surface area contributed by atoms with Crippen LogP contribution in [0, 0.1) is 0 Å². The molecule has 0 bridgehead atoms. The van der Waals surface area contributed by atoms with Crippen molar-refractivity contribution in [3.8, 4) is 0 Å². The lowest BCUT2D eigenvalue weighted by Gasteiger charge is -2.18. The number of esters is 1. The standard InChI is InChI=1S/C8H11Cl2NO5S/c9-1-7(12)11-5-3-17(14,15)4-6(5)16-8(13)2-10/h5-6H,1-4H2,(H,11,12)/t5-,6+/m0/s1. The Morgan fingerprint density at radius 1 is 1.24 bits per heavy atom. The molecule has 1 saturated heterocycles. The first-order valence-corrected chi connectivity index (χ1v) is 7.58. The fourth-order valence-corrected chi connectivity index (χ4v) is 3.43. The normalized spacial score (nSPS) is 26.5. The third-order valence-corrected chi connectivity index (χ3v) is 4.32. The number of halogens is 2. The van der Waals surface area contributed by atoms with Crippen LogP contribution in [0.15, 0.2) is 0 Å². The maximum absolute atomic E-state index is 11.4. The van der Waals surface area contributed by atoms with Gasteiger partial charge in [0.2, 0.25) is 5.91 Å². The first-order chi connectivity index (χ1) is 7.88. The smallest absolute Gasteiger partial charge is 0.321 e. The number of hydrogen-bond acceptors (Lipinski definition) is 5. The van der Waals surface area contributed by atoms with E-state index in [1.54, 1.807) is 0 Å². The number of carbonyl (C=O) groups excluding carboxylic acids is 2. The van der Waals surface area contributed by atoms with Crippen LogP contribution in [0.2, 0.25) is 0 Å². The first kappa shape index (κ1) is 14.5. The molecule has 17 heavy (non-hydrogen) atoms. The summed E-state index contributed by atoms with van der Waals surface area (Å²) >= 11 is 10.5. The van der Waals surface area contributed by atoms with Gasteiger partial charge in [-0.3, -0.25) is 9.59 Å². The van der Waals surface area contributed by atoms with E-state index in [1.165, 1.54) is 0 Å². The minimum Gasteiger partial charge on any atom is -0.458 e.